The van der Waals surface area contributed by atoms with Crippen LogP contribution < -0.4 is 10.1 Å². The summed E-state index contributed by atoms with van der Waals surface area (Å²) < 4.78 is 5.12. The quantitative estimate of drug-likeness (QED) is 0.688. The van der Waals surface area contributed by atoms with Crippen molar-refractivity contribution in [3.63, 3.8) is 0 Å². The Morgan fingerprint density at radius 3 is 2.76 bits per heavy atom. The van der Waals surface area contributed by atoms with Gasteiger partial charge >= 0.3 is 0 Å². The minimum Gasteiger partial charge on any atom is -0.494 e. The molecule has 2 rings (SSSR count). The lowest BCUT2D eigenvalue weighted by atomic mass is 10.1. The summed E-state index contributed by atoms with van der Waals surface area (Å²) in [6.07, 6.45) is 3.02. The van der Waals surface area contributed by atoms with Gasteiger partial charge in [0.2, 0.25) is 0 Å². The van der Waals surface area contributed by atoms with E-state index in [9.17, 15) is 14.9 Å². The second-order valence-corrected chi connectivity index (χ2v) is 4.29. The Kier molecular flexibility index (Phi) is 4.13. The van der Waals surface area contributed by atoms with Gasteiger partial charge in [-0.25, -0.2) is 0 Å². The Morgan fingerprint density at radius 2 is 2.14 bits per heavy atom. The molecule has 1 aromatic carbocycles. The fourth-order valence-corrected chi connectivity index (χ4v) is 1.86. The van der Waals surface area contributed by atoms with Gasteiger partial charge in [0.25, 0.3) is 11.6 Å². The third-order valence-corrected chi connectivity index (χ3v) is 2.91. The number of rotatable bonds is 4. The number of methoxy groups -OCH3 is 1. The second kappa shape index (κ2) is 6.00. The lowest BCUT2D eigenvalue weighted by molar-refractivity contribution is -0.384. The van der Waals surface area contributed by atoms with Crippen molar-refractivity contribution >= 4 is 17.3 Å². The van der Waals surface area contributed by atoms with Gasteiger partial charge in [-0.1, -0.05) is 0 Å². The van der Waals surface area contributed by atoms with Crippen LogP contribution >= 0.6 is 0 Å². The van der Waals surface area contributed by atoms with Gasteiger partial charge in [-0.2, -0.15) is 0 Å². The van der Waals surface area contributed by atoms with Gasteiger partial charge in [0.05, 0.1) is 18.2 Å². The number of nitrogens with one attached hydrogen (secondary N) is 1. The molecule has 1 N–H and O–H groups in total. The maximum absolute atomic E-state index is 12.2. The highest BCUT2D eigenvalue weighted by Crippen LogP contribution is 2.24. The van der Waals surface area contributed by atoms with Gasteiger partial charge in [0.1, 0.15) is 11.4 Å². The van der Waals surface area contributed by atoms with E-state index in [1.807, 2.05) is 0 Å². The van der Waals surface area contributed by atoms with Crippen LogP contribution in [0.1, 0.15) is 15.9 Å². The molecule has 0 aliphatic carbocycles. The number of amides is 1. The molecule has 2 aromatic rings. The van der Waals surface area contributed by atoms with Crippen molar-refractivity contribution in [3.8, 4) is 5.75 Å². The van der Waals surface area contributed by atoms with Crippen molar-refractivity contribution in [2.45, 2.75) is 6.92 Å². The highest BCUT2D eigenvalue weighted by Gasteiger charge is 2.15. The van der Waals surface area contributed by atoms with E-state index in [2.05, 4.69) is 10.3 Å². The summed E-state index contributed by atoms with van der Waals surface area (Å²) in [6, 6.07) is 5.70. The maximum atomic E-state index is 12.2. The normalized spacial score (nSPS) is 10.0. The molecule has 0 atom stereocenters. The number of nitro benzene ring substituents is 1. The van der Waals surface area contributed by atoms with Crippen LogP contribution in [-0.4, -0.2) is 22.9 Å². The summed E-state index contributed by atoms with van der Waals surface area (Å²) in [5.41, 5.74) is 1.25. The Balaban J connectivity index is 2.26. The number of carbonyl (C=O) groups is 1. The zero-order valence-electron chi connectivity index (χ0n) is 11.5. The summed E-state index contributed by atoms with van der Waals surface area (Å²) in [5.74, 6) is 0.103. The number of nitro groups is 1. The molecule has 0 radical (unpaired) electrons. The largest absolute Gasteiger partial charge is 0.494 e. The SMILES string of the molecule is COc1ccncc1NC(=O)c1ccc([N+](=O)[O-])cc1C. The molecule has 7 nitrogen and oxygen atoms in total. The predicted octanol–water partition coefficient (Wildman–Crippen LogP) is 2.56. The predicted molar refractivity (Wildman–Crippen MR) is 76.6 cm³/mol. The number of hydrogen-bond donors (Lipinski definition) is 1. The van der Waals surface area contributed by atoms with Crippen LogP contribution in [0.5, 0.6) is 5.75 Å². The van der Waals surface area contributed by atoms with Crippen molar-refractivity contribution in [3.05, 3.63) is 57.9 Å². The molecular formula is C14H13N3O4. The fourth-order valence-electron chi connectivity index (χ4n) is 1.86. The zero-order chi connectivity index (χ0) is 15.4. The number of pyridine rings is 1. The molecular weight excluding hydrogens is 274 g/mol. The smallest absolute Gasteiger partial charge is 0.269 e. The lowest BCUT2D eigenvalue weighted by Gasteiger charge is -2.10. The van der Waals surface area contributed by atoms with Gasteiger partial charge in [0.15, 0.2) is 0 Å². The number of aryl methyl sites for hydroxylation is 1. The molecule has 0 bridgehead atoms. The number of anilines is 1. The van der Waals surface area contributed by atoms with Crippen LogP contribution in [0.2, 0.25) is 0 Å². The van der Waals surface area contributed by atoms with Crippen molar-refractivity contribution in [2.75, 3.05) is 12.4 Å². The van der Waals surface area contributed by atoms with E-state index in [0.29, 0.717) is 22.6 Å². The number of non-ortho nitro benzene ring substituents is 1. The highest BCUT2D eigenvalue weighted by molar-refractivity contribution is 6.06. The van der Waals surface area contributed by atoms with Crippen LogP contribution in [0.4, 0.5) is 11.4 Å². The summed E-state index contributed by atoms with van der Waals surface area (Å²) >= 11 is 0. The molecule has 0 saturated carbocycles. The van der Waals surface area contributed by atoms with Crippen molar-refractivity contribution in [1.82, 2.24) is 4.98 Å². The molecule has 0 saturated heterocycles. The van der Waals surface area contributed by atoms with Gasteiger partial charge in [0, 0.05) is 30.0 Å². The first-order chi connectivity index (χ1) is 10.0. The Bertz CT molecular complexity index is 700. The molecule has 7 heteroatoms. The Morgan fingerprint density at radius 1 is 1.38 bits per heavy atom. The Hall–Kier alpha value is -2.96. The Labute approximate surface area is 120 Å². The third kappa shape index (κ3) is 3.14. The van der Waals surface area contributed by atoms with Crippen LogP contribution in [0.25, 0.3) is 0 Å². The van der Waals surface area contributed by atoms with E-state index in [0.717, 1.165) is 0 Å². The van der Waals surface area contributed by atoms with Gasteiger partial charge in [-0.3, -0.25) is 19.9 Å². The van der Waals surface area contributed by atoms with Crippen molar-refractivity contribution in [2.24, 2.45) is 0 Å². The standard InChI is InChI=1S/C14H13N3O4/c1-9-7-10(17(19)20)3-4-11(9)14(18)16-12-8-15-6-5-13(12)21-2/h3-8H,1-2H3,(H,16,18). The van der Waals surface area contributed by atoms with Crippen LogP contribution in [-0.2, 0) is 0 Å². The summed E-state index contributed by atoms with van der Waals surface area (Å²) in [7, 11) is 1.49. The highest BCUT2D eigenvalue weighted by atomic mass is 16.6. The number of ether oxygens (including phenoxy) is 1. The number of aromatic nitrogens is 1. The third-order valence-electron chi connectivity index (χ3n) is 2.91. The van der Waals surface area contributed by atoms with Gasteiger partial charge in [-0.05, 0) is 18.6 Å². The van der Waals surface area contributed by atoms with E-state index >= 15 is 0 Å². The molecule has 0 fully saturated rings. The van der Waals surface area contributed by atoms with Gasteiger partial charge < -0.3 is 10.1 Å². The topological polar surface area (TPSA) is 94.4 Å². The number of carbonyl (C=O) groups excluding carboxylic acids is 1. The second-order valence-electron chi connectivity index (χ2n) is 4.29. The first-order valence-corrected chi connectivity index (χ1v) is 6.07. The average molecular weight is 287 g/mol. The molecule has 0 unspecified atom stereocenters. The first kappa shape index (κ1) is 14.4. The molecule has 21 heavy (non-hydrogen) atoms. The van der Waals surface area contributed by atoms with E-state index in [-0.39, 0.29) is 11.6 Å². The van der Waals surface area contributed by atoms with E-state index in [1.165, 1.54) is 31.5 Å². The summed E-state index contributed by atoms with van der Waals surface area (Å²) in [6.45, 7) is 1.64. The number of benzene rings is 1. The minimum absolute atomic E-state index is 0.0528. The van der Waals surface area contributed by atoms with Crippen LogP contribution in [0.3, 0.4) is 0 Å². The molecule has 0 spiro atoms. The molecule has 0 aliphatic rings. The average Bonchev–Trinajstić information content (AvgIpc) is 2.47. The molecule has 0 aliphatic heterocycles. The van der Waals surface area contributed by atoms with E-state index in [1.54, 1.807) is 19.2 Å². The number of hydrogen-bond acceptors (Lipinski definition) is 5. The molecule has 108 valence electrons. The van der Waals surface area contributed by atoms with E-state index < -0.39 is 4.92 Å². The van der Waals surface area contributed by atoms with Crippen LogP contribution in [0.15, 0.2) is 36.7 Å². The summed E-state index contributed by atoms with van der Waals surface area (Å²) in [4.78, 5) is 26.3. The van der Waals surface area contributed by atoms with E-state index in [4.69, 9.17) is 4.74 Å². The molecule has 1 amide bonds. The number of nitrogens with zero attached hydrogens (tertiary/aromatic N) is 2. The minimum atomic E-state index is -0.501. The maximum Gasteiger partial charge on any atom is 0.269 e. The monoisotopic (exact) mass is 287 g/mol. The zero-order valence-corrected chi connectivity index (χ0v) is 11.5. The van der Waals surface area contributed by atoms with Crippen LogP contribution in [0, 0.1) is 17.0 Å². The van der Waals surface area contributed by atoms with Crippen molar-refractivity contribution in [1.29, 1.82) is 0 Å². The summed E-state index contributed by atoms with van der Waals surface area (Å²) in [5, 5.41) is 13.4. The first-order valence-electron chi connectivity index (χ1n) is 6.07. The fraction of sp³-hybridized carbons (Fsp3) is 0.143. The van der Waals surface area contributed by atoms with Crippen molar-refractivity contribution < 1.29 is 14.5 Å². The van der Waals surface area contributed by atoms with Gasteiger partial charge in [-0.15, -0.1) is 0 Å². The molecule has 1 heterocycles. The lowest BCUT2D eigenvalue weighted by Crippen LogP contribution is -2.14. The molecule has 1 aromatic heterocycles.